The molecule has 30 heavy (non-hydrogen) atoms. The highest BCUT2D eigenvalue weighted by atomic mass is 32.1. The first-order valence-electron chi connectivity index (χ1n) is 9.94. The topological polar surface area (TPSA) is 92.7 Å². The molecular formula is C21H28N6O2S. The van der Waals surface area contributed by atoms with Crippen molar-refractivity contribution in [2.24, 2.45) is 4.99 Å². The fourth-order valence-corrected chi connectivity index (χ4v) is 3.57. The quantitative estimate of drug-likeness (QED) is 0.376. The number of aryl methyl sites for hydroxylation is 2. The van der Waals surface area contributed by atoms with E-state index in [9.17, 15) is 0 Å². The summed E-state index contributed by atoms with van der Waals surface area (Å²) in [6.45, 7) is 3.87. The summed E-state index contributed by atoms with van der Waals surface area (Å²) in [6, 6.07) is 7.65. The number of thiocarbonyl (C=S) groups is 1. The molecule has 0 saturated heterocycles. The summed E-state index contributed by atoms with van der Waals surface area (Å²) >= 11 is 5.52. The Hall–Kier alpha value is -2.94. The van der Waals surface area contributed by atoms with Crippen LogP contribution in [0.5, 0.6) is 11.5 Å². The second kappa shape index (κ2) is 10.2. The van der Waals surface area contributed by atoms with Gasteiger partial charge in [0.05, 0.1) is 25.9 Å². The predicted molar refractivity (Wildman–Crippen MR) is 124 cm³/mol. The maximum atomic E-state index is 5.52. The molecule has 1 heterocycles. The van der Waals surface area contributed by atoms with Gasteiger partial charge in [0.15, 0.2) is 5.11 Å². The lowest BCUT2D eigenvalue weighted by Gasteiger charge is -2.17. The van der Waals surface area contributed by atoms with Crippen molar-refractivity contribution in [3.05, 3.63) is 35.7 Å². The number of nitrogens with one attached hydrogen (secondary N) is 3. The Balaban J connectivity index is 1.76. The van der Waals surface area contributed by atoms with E-state index in [1.54, 1.807) is 20.3 Å². The van der Waals surface area contributed by atoms with Gasteiger partial charge in [0.1, 0.15) is 11.5 Å². The molecule has 3 rings (SSSR count). The third kappa shape index (κ3) is 6.03. The van der Waals surface area contributed by atoms with Crippen LogP contribution in [0.2, 0.25) is 0 Å². The highest BCUT2D eigenvalue weighted by Gasteiger charge is 2.16. The van der Waals surface area contributed by atoms with Crippen molar-refractivity contribution >= 4 is 34.9 Å². The van der Waals surface area contributed by atoms with Crippen LogP contribution in [0.1, 0.15) is 37.1 Å². The third-order valence-corrected chi connectivity index (χ3v) is 4.94. The van der Waals surface area contributed by atoms with Gasteiger partial charge >= 0.3 is 0 Å². The number of guanidine groups is 1. The minimum Gasteiger partial charge on any atom is -0.497 e. The molecule has 1 aliphatic rings. The molecule has 8 nitrogen and oxygen atoms in total. The Kier molecular flexibility index (Phi) is 7.40. The van der Waals surface area contributed by atoms with Crippen LogP contribution in [0.25, 0.3) is 0 Å². The van der Waals surface area contributed by atoms with E-state index in [-0.39, 0.29) is 6.04 Å². The number of rotatable bonds is 5. The average Bonchev–Trinajstić information content (AvgIpc) is 3.20. The Morgan fingerprint density at radius 1 is 1.03 bits per heavy atom. The molecule has 0 bridgehead atoms. The zero-order valence-corrected chi connectivity index (χ0v) is 18.6. The fraction of sp³-hybridized carbons (Fsp3) is 0.429. The molecule has 1 aliphatic carbocycles. The van der Waals surface area contributed by atoms with E-state index in [0.717, 1.165) is 29.9 Å². The first-order chi connectivity index (χ1) is 14.5. The molecule has 0 amide bonds. The molecule has 160 valence electrons. The summed E-state index contributed by atoms with van der Waals surface area (Å²) < 4.78 is 10.7. The van der Waals surface area contributed by atoms with Crippen LogP contribution >= 0.6 is 12.2 Å². The lowest BCUT2D eigenvalue weighted by Crippen LogP contribution is -2.40. The van der Waals surface area contributed by atoms with Gasteiger partial charge in [0.25, 0.3) is 0 Å². The number of aromatic nitrogens is 2. The maximum Gasteiger partial charge on any atom is 0.229 e. The second-order valence-electron chi connectivity index (χ2n) is 7.16. The van der Waals surface area contributed by atoms with Gasteiger partial charge < -0.3 is 20.1 Å². The number of hydrogen-bond acceptors (Lipinski definition) is 6. The Morgan fingerprint density at radius 3 is 2.37 bits per heavy atom. The molecule has 1 aromatic heterocycles. The zero-order valence-electron chi connectivity index (χ0n) is 17.8. The highest BCUT2D eigenvalue weighted by molar-refractivity contribution is 7.80. The number of aliphatic imine (C=N–C) groups is 1. The lowest BCUT2D eigenvalue weighted by molar-refractivity contribution is 0.395. The normalized spacial score (nSPS) is 14.3. The number of nitrogens with zero attached hydrogens (tertiary/aromatic N) is 3. The molecule has 3 N–H and O–H groups in total. The van der Waals surface area contributed by atoms with Crippen molar-refractivity contribution in [2.75, 3.05) is 24.9 Å². The van der Waals surface area contributed by atoms with E-state index in [2.05, 4.69) is 25.9 Å². The monoisotopic (exact) mass is 428 g/mol. The number of ether oxygens (including phenoxy) is 2. The van der Waals surface area contributed by atoms with E-state index >= 15 is 0 Å². The highest BCUT2D eigenvalue weighted by Crippen LogP contribution is 2.29. The standard InChI is InChI=1S/C21H28N6O2S/c1-13-11-14(2)23-19(22-13)26-20(24-15-7-5-6-8-15)27-21(30)25-17-10-9-16(28-3)12-18(17)29-4/h9-12,15H,5-8H2,1-4H3,(H3,22,23,24,25,26,27,30). The summed E-state index contributed by atoms with van der Waals surface area (Å²) in [5, 5.41) is 9.88. The van der Waals surface area contributed by atoms with Gasteiger partial charge in [-0.1, -0.05) is 12.8 Å². The van der Waals surface area contributed by atoms with Gasteiger partial charge in [0, 0.05) is 17.5 Å². The summed E-state index contributed by atoms with van der Waals surface area (Å²) in [7, 11) is 3.21. The van der Waals surface area contributed by atoms with Crippen LogP contribution in [0.3, 0.4) is 0 Å². The van der Waals surface area contributed by atoms with Gasteiger partial charge in [-0.15, -0.1) is 0 Å². The van der Waals surface area contributed by atoms with E-state index < -0.39 is 0 Å². The van der Waals surface area contributed by atoms with Crippen LogP contribution in [-0.4, -0.2) is 41.3 Å². The van der Waals surface area contributed by atoms with Gasteiger partial charge in [-0.25, -0.2) is 15.0 Å². The molecule has 0 unspecified atom stereocenters. The summed E-state index contributed by atoms with van der Waals surface area (Å²) in [5.41, 5.74) is 2.49. The molecule has 0 radical (unpaired) electrons. The number of methoxy groups -OCH3 is 2. The number of anilines is 2. The van der Waals surface area contributed by atoms with Gasteiger partial charge in [-0.05, 0) is 57.1 Å². The Morgan fingerprint density at radius 2 is 1.73 bits per heavy atom. The minimum atomic E-state index is 0.254. The van der Waals surface area contributed by atoms with Gasteiger partial charge in [-0.3, -0.25) is 5.32 Å². The molecule has 9 heteroatoms. The molecule has 1 fully saturated rings. The largest absolute Gasteiger partial charge is 0.497 e. The fourth-order valence-electron chi connectivity index (χ4n) is 3.36. The molecule has 0 aliphatic heterocycles. The predicted octanol–water partition coefficient (Wildman–Crippen LogP) is 3.81. The van der Waals surface area contributed by atoms with Crippen molar-refractivity contribution in [2.45, 2.75) is 45.6 Å². The van der Waals surface area contributed by atoms with E-state index in [1.165, 1.54) is 12.8 Å². The Labute approximate surface area is 182 Å². The number of hydrogen-bond donors (Lipinski definition) is 3. The lowest BCUT2D eigenvalue weighted by atomic mass is 10.2. The second-order valence-corrected chi connectivity index (χ2v) is 7.57. The SMILES string of the molecule is COc1ccc(NC(=S)NC(=NC2CCCC2)Nc2nc(C)cc(C)n2)c(OC)c1. The molecular weight excluding hydrogens is 400 g/mol. The van der Waals surface area contributed by atoms with Crippen LogP contribution in [0, 0.1) is 13.8 Å². The molecule has 0 atom stereocenters. The Bertz CT molecular complexity index is 907. The summed E-state index contributed by atoms with van der Waals surface area (Å²) in [4.78, 5) is 13.7. The van der Waals surface area contributed by atoms with Crippen LogP contribution in [0.4, 0.5) is 11.6 Å². The van der Waals surface area contributed by atoms with Crippen molar-refractivity contribution < 1.29 is 9.47 Å². The van der Waals surface area contributed by atoms with E-state index in [0.29, 0.717) is 28.5 Å². The van der Waals surface area contributed by atoms with Crippen molar-refractivity contribution in [3.63, 3.8) is 0 Å². The number of benzene rings is 1. The van der Waals surface area contributed by atoms with Gasteiger partial charge in [0.2, 0.25) is 11.9 Å². The molecule has 2 aromatic rings. The first-order valence-corrected chi connectivity index (χ1v) is 10.3. The summed E-state index contributed by atoms with van der Waals surface area (Å²) in [5.74, 6) is 2.34. The molecule has 1 saturated carbocycles. The smallest absolute Gasteiger partial charge is 0.229 e. The van der Waals surface area contributed by atoms with E-state index in [1.807, 2.05) is 32.0 Å². The minimum absolute atomic E-state index is 0.254. The maximum absolute atomic E-state index is 5.52. The third-order valence-electron chi connectivity index (χ3n) is 4.74. The van der Waals surface area contributed by atoms with E-state index in [4.69, 9.17) is 26.7 Å². The van der Waals surface area contributed by atoms with Crippen molar-refractivity contribution in [1.29, 1.82) is 0 Å². The van der Waals surface area contributed by atoms with Crippen molar-refractivity contribution in [3.8, 4) is 11.5 Å². The van der Waals surface area contributed by atoms with Gasteiger partial charge in [-0.2, -0.15) is 0 Å². The average molecular weight is 429 g/mol. The molecule has 1 aromatic carbocycles. The van der Waals surface area contributed by atoms with Crippen LogP contribution in [0.15, 0.2) is 29.3 Å². The first kappa shape index (κ1) is 21.8. The summed E-state index contributed by atoms with van der Waals surface area (Å²) in [6.07, 6.45) is 4.50. The van der Waals surface area contributed by atoms with Crippen LogP contribution < -0.4 is 25.4 Å². The molecule has 0 spiro atoms. The van der Waals surface area contributed by atoms with Crippen LogP contribution in [-0.2, 0) is 0 Å². The zero-order chi connectivity index (χ0) is 21.5. The van der Waals surface area contributed by atoms with Crippen molar-refractivity contribution in [1.82, 2.24) is 15.3 Å².